The highest BCUT2D eigenvalue weighted by molar-refractivity contribution is 7.11. The van der Waals surface area contributed by atoms with Gasteiger partial charge >= 0.3 is 6.03 Å². The van der Waals surface area contributed by atoms with Gasteiger partial charge in [0.15, 0.2) is 0 Å². The fourth-order valence-electron chi connectivity index (χ4n) is 3.26. The van der Waals surface area contributed by atoms with Crippen LogP contribution in [0.4, 0.5) is 4.79 Å². The van der Waals surface area contributed by atoms with Crippen LogP contribution in [-0.4, -0.2) is 44.1 Å². The predicted molar refractivity (Wildman–Crippen MR) is 105 cm³/mol. The normalized spacial score (nSPS) is 16.5. The average molecular weight is 398 g/mol. The standard InChI is InChI=1S/C19H22N6O2S/c1-12-13(2)28-16(22-12)8-10-21-19(26)25-11-5-7-15(25)18-23-17(24-27-18)14-6-3-4-9-20-14/h3-4,6,9,15H,5,7-8,10-11H2,1-2H3,(H,21,26)/t15-/m0/s1. The minimum Gasteiger partial charge on any atom is -0.338 e. The zero-order valence-electron chi connectivity index (χ0n) is 15.9. The largest absolute Gasteiger partial charge is 0.338 e. The van der Waals surface area contributed by atoms with Crippen LogP contribution in [0, 0.1) is 13.8 Å². The highest BCUT2D eigenvalue weighted by Crippen LogP contribution is 2.31. The molecule has 0 radical (unpaired) electrons. The van der Waals surface area contributed by atoms with Crippen LogP contribution in [-0.2, 0) is 6.42 Å². The van der Waals surface area contributed by atoms with Gasteiger partial charge in [0.2, 0.25) is 11.7 Å². The van der Waals surface area contributed by atoms with Crippen molar-refractivity contribution in [3.63, 3.8) is 0 Å². The molecule has 3 aromatic heterocycles. The number of likely N-dealkylation sites (tertiary alicyclic amines) is 1. The summed E-state index contributed by atoms with van der Waals surface area (Å²) in [5.74, 6) is 0.900. The van der Waals surface area contributed by atoms with E-state index in [1.54, 1.807) is 22.4 Å². The highest BCUT2D eigenvalue weighted by Gasteiger charge is 2.34. The molecule has 1 atom stereocenters. The zero-order valence-corrected chi connectivity index (χ0v) is 16.7. The van der Waals surface area contributed by atoms with E-state index in [2.05, 4.69) is 32.3 Å². The first-order valence-corrected chi connectivity index (χ1v) is 10.2. The number of urea groups is 1. The average Bonchev–Trinajstić information content (AvgIpc) is 3.43. The Morgan fingerprint density at radius 1 is 1.36 bits per heavy atom. The van der Waals surface area contributed by atoms with Gasteiger partial charge in [0, 0.05) is 30.6 Å². The molecule has 2 amide bonds. The highest BCUT2D eigenvalue weighted by atomic mass is 32.1. The summed E-state index contributed by atoms with van der Waals surface area (Å²) in [5, 5.41) is 8.06. The van der Waals surface area contributed by atoms with E-state index < -0.39 is 0 Å². The van der Waals surface area contributed by atoms with E-state index in [0.717, 1.165) is 30.0 Å². The second-order valence-corrected chi connectivity index (χ2v) is 8.04. The first-order chi connectivity index (χ1) is 13.6. The fraction of sp³-hybridized carbons (Fsp3) is 0.421. The molecule has 0 bridgehead atoms. The number of thiazole rings is 1. The van der Waals surface area contributed by atoms with Crippen molar-refractivity contribution in [1.29, 1.82) is 0 Å². The van der Waals surface area contributed by atoms with Gasteiger partial charge in [0.05, 0.1) is 10.7 Å². The second-order valence-electron chi connectivity index (χ2n) is 6.75. The smallest absolute Gasteiger partial charge is 0.318 e. The predicted octanol–water partition coefficient (Wildman–Crippen LogP) is 3.29. The van der Waals surface area contributed by atoms with Gasteiger partial charge in [-0.1, -0.05) is 11.2 Å². The Hall–Kier alpha value is -2.81. The lowest BCUT2D eigenvalue weighted by Gasteiger charge is -2.22. The Morgan fingerprint density at radius 3 is 3.00 bits per heavy atom. The van der Waals surface area contributed by atoms with Crippen LogP contribution in [0.5, 0.6) is 0 Å². The van der Waals surface area contributed by atoms with Gasteiger partial charge in [-0.25, -0.2) is 9.78 Å². The summed E-state index contributed by atoms with van der Waals surface area (Å²) < 4.78 is 5.44. The van der Waals surface area contributed by atoms with E-state index in [1.807, 2.05) is 25.1 Å². The molecular formula is C19H22N6O2S. The van der Waals surface area contributed by atoms with Crippen LogP contribution in [0.15, 0.2) is 28.9 Å². The van der Waals surface area contributed by atoms with Gasteiger partial charge < -0.3 is 14.7 Å². The molecule has 3 aromatic rings. The Balaban J connectivity index is 1.38. The number of amides is 2. The van der Waals surface area contributed by atoms with Crippen molar-refractivity contribution in [3.05, 3.63) is 45.9 Å². The van der Waals surface area contributed by atoms with E-state index in [4.69, 9.17) is 4.52 Å². The molecule has 1 N–H and O–H groups in total. The summed E-state index contributed by atoms with van der Waals surface area (Å²) in [6.45, 7) is 5.30. The molecule has 146 valence electrons. The van der Waals surface area contributed by atoms with E-state index in [0.29, 0.717) is 30.5 Å². The van der Waals surface area contributed by atoms with Gasteiger partial charge in [0.25, 0.3) is 0 Å². The molecule has 1 aliphatic heterocycles. The molecular weight excluding hydrogens is 376 g/mol. The zero-order chi connectivity index (χ0) is 19.5. The molecule has 0 aromatic carbocycles. The number of carbonyl (C=O) groups is 1. The molecule has 0 saturated carbocycles. The molecule has 8 nitrogen and oxygen atoms in total. The van der Waals surface area contributed by atoms with Gasteiger partial charge in [-0.2, -0.15) is 4.98 Å². The number of aryl methyl sites for hydroxylation is 2. The minimum atomic E-state index is -0.200. The lowest BCUT2D eigenvalue weighted by Crippen LogP contribution is -2.40. The van der Waals surface area contributed by atoms with Crippen molar-refractivity contribution < 1.29 is 9.32 Å². The second kappa shape index (κ2) is 8.05. The third kappa shape index (κ3) is 3.89. The maximum atomic E-state index is 12.7. The van der Waals surface area contributed by atoms with Crippen LogP contribution in [0.3, 0.4) is 0 Å². The van der Waals surface area contributed by atoms with Gasteiger partial charge in [-0.05, 0) is 38.8 Å². The first-order valence-electron chi connectivity index (χ1n) is 9.34. The van der Waals surface area contributed by atoms with Crippen LogP contribution < -0.4 is 5.32 Å². The monoisotopic (exact) mass is 398 g/mol. The maximum absolute atomic E-state index is 12.7. The molecule has 0 aliphatic carbocycles. The molecule has 4 heterocycles. The summed E-state index contributed by atoms with van der Waals surface area (Å²) in [7, 11) is 0. The molecule has 9 heteroatoms. The van der Waals surface area contributed by atoms with Gasteiger partial charge in [-0.15, -0.1) is 11.3 Å². The summed E-state index contributed by atoms with van der Waals surface area (Å²) in [6.07, 6.45) is 4.13. The molecule has 1 aliphatic rings. The van der Waals surface area contributed by atoms with Gasteiger partial charge in [0.1, 0.15) is 11.7 Å². The molecule has 1 saturated heterocycles. The number of hydrogen-bond donors (Lipinski definition) is 1. The summed E-state index contributed by atoms with van der Waals surface area (Å²) in [4.78, 5) is 28.9. The molecule has 0 spiro atoms. The Bertz CT molecular complexity index is 935. The topological polar surface area (TPSA) is 97.0 Å². The fourth-order valence-corrected chi connectivity index (χ4v) is 4.19. The first kappa shape index (κ1) is 18.5. The molecule has 1 fully saturated rings. The Morgan fingerprint density at radius 2 is 2.25 bits per heavy atom. The lowest BCUT2D eigenvalue weighted by atomic mass is 10.2. The van der Waals surface area contributed by atoms with E-state index >= 15 is 0 Å². The summed E-state index contributed by atoms with van der Waals surface area (Å²) in [6, 6.07) is 5.23. The third-order valence-corrected chi connectivity index (χ3v) is 5.95. The number of pyridine rings is 1. The van der Waals surface area contributed by atoms with Crippen LogP contribution in [0.1, 0.15) is 40.4 Å². The molecule has 28 heavy (non-hydrogen) atoms. The summed E-state index contributed by atoms with van der Waals surface area (Å²) >= 11 is 1.68. The Kier molecular flexibility index (Phi) is 5.34. The van der Waals surface area contributed by atoms with Crippen LogP contribution in [0.25, 0.3) is 11.5 Å². The third-order valence-electron chi connectivity index (χ3n) is 4.82. The lowest BCUT2D eigenvalue weighted by molar-refractivity contribution is 0.180. The number of carbonyl (C=O) groups excluding carboxylic acids is 1. The van der Waals surface area contributed by atoms with Crippen molar-refractivity contribution in [3.8, 4) is 11.5 Å². The number of rotatable bonds is 5. The van der Waals surface area contributed by atoms with Crippen LogP contribution in [0.2, 0.25) is 0 Å². The van der Waals surface area contributed by atoms with Crippen molar-refractivity contribution >= 4 is 17.4 Å². The quantitative estimate of drug-likeness (QED) is 0.708. The minimum absolute atomic E-state index is 0.106. The number of nitrogens with zero attached hydrogens (tertiary/aromatic N) is 5. The van der Waals surface area contributed by atoms with E-state index in [1.165, 1.54) is 4.88 Å². The van der Waals surface area contributed by atoms with Crippen molar-refractivity contribution in [2.24, 2.45) is 0 Å². The number of aromatic nitrogens is 4. The van der Waals surface area contributed by atoms with Crippen molar-refractivity contribution in [2.45, 2.75) is 39.2 Å². The maximum Gasteiger partial charge on any atom is 0.318 e. The van der Waals surface area contributed by atoms with Crippen molar-refractivity contribution in [1.82, 2.24) is 30.3 Å². The van der Waals surface area contributed by atoms with Crippen molar-refractivity contribution in [2.75, 3.05) is 13.1 Å². The SMILES string of the molecule is Cc1nc(CCNC(=O)N2CCC[C@H]2c2nc(-c3ccccn3)no2)sc1C. The molecule has 0 unspecified atom stereocenters. The van der Waals surface area contributed by atoms with E-state index in [-0.39, 0.29) is 12.1 Å². The number of hydrogen-bond acceptors (Lipinski definition) is 7. The summed E-state index contributed by atoms with van der Waals surface area (Å²) in [5.41, 5.74) is 1.71. The van der Waals surface area contributed by atoms with Gasteiger partial charge in [-0.3, -0.25) is 4.98 Å². The van der Waals surface area contributed by atoms with Crippen LogP contribution >= 0.6 is 11.3 Å². The Labute approximate surface area is 167 Å². The van der Waals surface area contributed by atoms with E-state index in [9.17, 15) is 4.79 Å². The number of nitrogens with one attached hydrogen (secondary N) is 1. The molecule has 4 rings (SSSR count).